The predicted octanol–water partition coefficient (Wildman–Crippen LogP) is 4.63. The summed E-state index contributed by atoms with van der Waals surface area (Å²) in [4.78, 5) is 0. The van der Waals surface area contributed by atoms with Gasteiger partial charge in [0.05, 0.1) is 11.2 Å². The van der Waals surface area contributed by atoms with Crippen molar-refractivity contribution in [2.75, 3.05) is 13.3 Å². The SMILES string of the molecule is CC1(C)OB(C(F)=Cc2cc(Cl)cc(OCCF)c2)OC1(C)C. The molecule has 1 fully saturated rings. The van der Waals surface area contributed by atoms with E-state index in [1.807, 2.05) is 27.7 Å². The lowest BCUT2D eigenvalue weighted by molar-refractivity contribution is 0.00578. The molecule has 0 radical (unpaired) electrons. The lowest BCUT2D eigenvalue weighted by Gasteiger charge is -2.32. The highest BCUT2D eigenvalue weighted by Crippen LogP contribution is 2.39. The molecule has 2 rings (SSSR count). The van der Waals surface area contributed by atoms with Gasteiger partial charge in [0.2, 0.25) is 0 Å². The summed E-state index contributed by atoms with van der Waals surface area (Å²) in [6.45, 7) is 6.71. The summed E-state index contributed by atoms with van der Waals surface area (Å²) in [6, 6.07) is 4.70. The normalized spacial score (nSPS) is 20.0. The van der Waals surface area contributed by atoms with Crippen LogP contribution in [0.15, 0.2) is 23.9 Å². The van der Waals surface area contributed by atoms with Gasteiger partial charge in [-0.25, -0.2) is 8.78 Å². The second kappa shape index (κ2) is 6.79. The van der Waals surface area contributed by atoms with Gasteiger partial charge in [-0.1, -0.05) is 11.6 Å². The van der Waals surface area contributed by atoms with E-state index in [2.05, 4.69) is 0 Å². The van der Waals surface area contributed by atoms with Gasteiger partial charge < -0.3 is 14.0 Å². The minimum atomic E-state index is -1.07. The number of halogens is 3. The summed E-state index contributed by atoms with van der Waals surface area (Å²) in [6.07, 6.45) is 1.27. The third kappa shape index (κ3) is 4.25. The lowest BCUT2D eigenvalue weighted by Crippen LogP contribution is -2.41. The van der Waals surface area contributed by atoms with Crippen LogP contribution in [0.2, 0.25) is 5.02 Å². The molecule has 23 heavy (non-hydrogen) atoms. The molecule has 1 aromatic carbocycles. The highest BCUT2D eigenvalue weighted by molar-refractivity contribution is 6.54. The fraction of sp³-hybridized carbons (Fsp3) is 0.500. The fourth-order valence-corrected chi connectivity index (χ4v) is 2.32. The Morgan fingerprint density at radius 1 is 1.22 bits per heavy atom. The van der Waals surface area contributed by atoms with Crippen LogP contribution in [0, 0.1) is 0 Å². The number of benzene rings is 1. The Kier molecular flexibility index (Phi) is 5.39. The van der Waals surface area contributed by atoms with Gasteiger partial charge in [-0.05, 0) is 57.5 Å². The molecule has 3 nitrogen and oxygen atoms in total. The van der Waals surface area contributed by atoms with Gasteiger partial charge in [-0.2, -0.15) is 0 Å². The Morgan fingerprint density at radius 3 is 2.39 bits per heavy atom. The van der Waals surface area contributed by atoms with Gasteiger partial charge in [0.25, 0.3) is 0 Å². The highest BCUT2D eigenvalue weighted by Gasteiger charge is 2.53. The van der Waals surface area contributed by atoms with E-state index in [1.54, 1.807) is 18.2 Å². The molecular weight excluding hydrogens is 324 g/mol. The lowest BCUT2D eigenvalue weighted by atomic mass is 9.87. The van der Waals surface area contributed by atoms with Gasteiger partial charge in [-0.15, -0.1) is 0 Å². The fourth-order valence-electron chi connectivity index (χ4n) is 2.09. The van der Waals surface area contributed by atoms with Gasteiger partial charge in [0.1, 0.15) is 24.8 Å². The molecule has 0 N–H and O–H groups in total. The van der Waals surface area contributed by atoms with Crippen molar-refractivity contribution in [2.45, 2.75) is 38.9 Å². The third-order valence-corrected chi connectivity index (χ3v) is 4.24. The zero-order valence-electron chi connectivity index (χ0n) is 13.7. The van der Waals surface area contributed by atoms with Crippen molar-refractivity contribution in [2.24, 2.45) is 0 Å². The van der Waals surface area contributed by atoms with Crippen LogP contribution < -0.4 is 4.74 Å². The monoisotopic (exact) mass is 344 g/mol. The van der Waals surface area contributed by atoms with E-state index >= 15 is 0 Å². The molecule has 0 unspecified atom stereocenters. The number of alkyl halides is 1. The standard InChI is InChI=1S/C16H20BClF2O3/c1-15(2)16(3,4)23-17(22-15)14(20)9-11-7-12(18)10-13(8-11)21-6-5-19/h7-10H,5-6H2,1-4H3. The van der Waals surface area contributed by atoms with Crippen LogP contribution >= 0.6 is 11.6 Å². The quantitative estimate of drug-likeness (QED) is 0.729. The zero-order valence-corrected chi connectivity index (χ0v) is 14.4. The zero-order chi connectivity index (χ0) is 17.3. The maximum atomic E-state index is 14.5. The van der Waals surface area contributed by atoms with Crippen molar-refractivity contribution >= 4 is 24.8 Å². The number of rotatable bonds is 5. The van der Waals surface area contributed by atoms with E-state index in [0.29, 0.717) is 16.3 Å². The van der Waals surface area contributed by atoms with E-state index < -0.39 is 30.7 Å². The first-order chi connectivity index (χ1) is 10.6. The van der Waals surface area contributed by atoms with Crippen molar-refractivity contribution < 1.29 is 22.8 Å². The molecule has 1 aliphatic heterocycles. The molecule has 1 heterocycles. The van der Waals surface area contributed by atoms with Crippen LogP contribution in [-0.2, 0) is 9.31 Å². The Balaban J connectivity index is 2.20. The van der Waals surface area contributed by atoms with Gasteiger partial charge in [-0.3, -0.25) is 0 Å². The molecule has 0 saturated carbocycles. The summed E-state index contributed by atoms with van der Waals surface area (Å²) in [7, 11) is -1.07. The molecule has 0 aromatic heterocycles. The average molecular weight is 345 g/mol. The molecule has 1 aliphatic rings. The Morgan fingerprint density at radius 2 is 1.83 bits per heavy atom. The average Bonchev–Trinajstić information content (AvgIpc) is 2.65. The molecule has 1 aromatic rings. The largest absolute Gasteiger partial charge is 0.525 e. The van der Waals surface area contributed by atoms with Crippen molar-refractivity contribution in [1.82, 2.24) is 0 Å². The molecule has 0 atom stereocenters. The van der Waals surface area contributed by atoms with E-state index in [1.165, 1.54) is 6.08 Å². The van der Waals surface area contributed by atoms with E-state index in [-0.39, 0.29) is 6.61 Å². The van der Waals surface area contributed by atoms with Crippen molar-refractivity contribution in [3.05, 3.63) is 34.5 Å². The third-order valence-electron chi connectivity index (χ3n) is 4.02. The number of hydrogen-bond acceptors (Lipinski definition) is 3. The highest BCUT2D eigenvalue weighted by atomic mass is 35.5. The first-order valence-electron chi connectivity index (χ1n) is 7.37. The Labute approximate surface area is 140 Å². The van der Waals surface area contributed by atoms with Crippen molar-refractivity contribution in [3.63, 3.8) is 0 Å². The molecule has 0 aliphatic carbocycles. The van der Waals surface area contributed by atoms with Crippen molar-refractivity contribution in [3.8, 4) is 5.75 Å². The van der Waals surface area contributed by atoms with Crippen LogP contribution in [0.1, 0.15) is 33.3 Å². The summed E-state index contributed by atoms with van der Waals surface area (Å²) < 4.78 is 43.1. The first kappa shape index (κ1) is 18.2. The minimum Gasteiger partial charge on any atom is -0.491 e. The molecule has 7 heteroatoms. The Bertz CT molecular complexity index is 589. The van der Waals surface area contributed by atoms with E-state index in [4.69, 9.17) is 25.6 Å². The van der Waals surface area contributed by atoms with Gasteiger partial charge in [0, 0.05) is 5.02 Å². The molecule has 0 bridgehead atoms. The minimum absolute atomic E-state index is 0.0802. The molecule has 0 amide bonds. The summed E-state index contributed by atoms with van der Waals surface area (Å²) in [5.41, 5.74) is -1.32. The number of ether oxygens (including phenoxy) is 1. The second-order valence-corrected chi connectivity index (χ2v) is 6.81. The summed E-state index contributed by atoms with van der Waals surface area (Å²) in [5, 5.41) is 0.370. The van der Waals surface area contributed by atoms with Crippen LogP contribution in [0.4, 0.5) is 8.78 Å². The molecule has 0 spiro atoms. The smallest absolute Gasteiger partial charge is 0.491 e. The van der Waals surface area contributed by atoms with E-state index in [9.17, 15) is 8.78 Å². The van der Waals surface area contributed by atoms with E-state index in [0.717, 1.165) is 0 Å². The van der Waals surface area contributed by atoms with Crippen LogP contribution in [-0.4, -0.2) is 31.6 Å². The maximum absolute atomic E-state index is 14.5. The maximum Gasteiger partial charge on any atom is 0.525 e. The van der Waals surface area contributed by atoms with Crippen LogP contribution in [0.25, 0.3) is 6.08 Å². The first-order valence-corrected chi connectivity index (χ1v) is 7.74. The molecular formula is C16H20BClF2O3. The number of hydrogen-bond donors (Lipinski definition) is 0. The van der Waals surface area contributed by atoms with Gasteiger partial charge in [0.15, 0.2) is 0 Å². The molecule has 1 saturated heterocycles. The second-order valence-electron chi connectivity index (χ2n) is 6.38. The van der Waals surface area contributed by atoms with Crippen LogP contribution in [0.5, 0.6) is 5.75 Å². The Hall–Kier alpha value is -1.11. The molecule has 126 valence electrons. The topological polar surface area (TPSA) is 27.7 Å². The summed E-state index contributed by atoms with van der Waals surface area (Å²) >= 11 is 5.97. The summed E-state index contributed by atoms with van der Waals surface area (Å²) in [5.74, 6) is 0.378. The van der Waals surface area contributed by atoms with Crippen molar-refractivity contribution in [1.29, 1.82) is 0 Å². The van der Waals surface area contributed by atoms with Crippen LogP contribution in [0.3, 0.4) is 0 Å². The van der Waals surface area contributed by atoms with Gasteiger partial charge >= 0.3 is 7.12 Å². The predicted molar refractivity (Wildman–Crippen MR) is 88.1 cm³/mol.